The summed E-state index contributed by atoms with van der Waals surface area (Å²) >= 11 is 11.6. The molecule has 1 atom stereocenters. The zero-order valence-electron chi connectivity index (χ0n) is 11.5. The maximum absolute atomic E-state index is 12.1. The highest BCUT2D eigenvalue weighted by molar-refractivity contribution is 6.42. The van der Waals surface area contributed by atoms with Gasteiger partial charge in [0.2, 0.25) is 6.10 Å². The lowest BCUT2D eigenvalue weighted by Crippen LogP contribution is -2.31. The maximum atomic E-state index is 12.1. The van der Waals surface area contributed by atoms with Gasteiger partial charge in [-0.05, 0) is 25.1 Å². The average Bonchev–Trinajstić information content (AvgIpc) is 2.40. The largest absolute Gasteiger partial charge is 0.463 e. The fraction of sp³-hybridized carbons (Fsp3) is 0.357. The quantitative estimate of drug-likeness (QED) is 0.591. The van der Waals surface area contributed by atoms with Gasteiger partial charge < -0.3 is 9.47 Å². The number of carbonyl (C=O) groups excluding carboxylic acids is 3. The molecule has 0 aliphatic carbocycles. The minimum Gasteiger partial charge on any atom is -0.463 e. The lowest BCUT2D eigenvalue weighted by atomic mass is 10.1. The number of ketones is 1. The molecule has 0 aromatic heterocycles. The number of ether oxygens (including phenoxy) is 2. The molecule has 1 rings (SSSR count). The normalized spacial score (nSPS) is 11.6. The highest BCUT2D eigenvalue weighted by atomic mass is 35.5. The maximum Gasteiger partial charge on any atom is 0.347 e. The van der Waals surface area contributed by atoms with Gasteiger partial charge in [0.15, 0.2) is 5.78 Å². The van der Waals surface area contributed by atoms with Crippen molar-refractivity contribution in [2.24, 2.45) is 0 Å². The molecule has 7 heteroatoms. The van der Waals surface area contributed by atoms with Crippen LogP contribution in [0, 0.1) is 0 Å². The molecule has 0 aliphatic heterocycles. The van der Waals surface area contributed by atoms with Gasteiger partial charge in [-0.2, -0.15) is 0 Å². The first kappa shape index (κ1) is 17.5. The van der Waals surface area contributed by atoms with Gasteiger partial charge in [-0.25, -0.2) is 4.79 Å². The van der Waals surface area contributed by atoms with Gasteiger partial charge in [0.25, 0.3) is 0 Å². The van der Waals surface area contributed by atoms with Gasteiger partial charge in [0.05, 0.1) is 23.1 Å². The van der Waals surface area contributed by atoms with Crippen LogP contribution in [0.2, 0.25) is 10.0 Å². The summed E-state index contributed by atoms with van der Waals surface area (Å²) in [7, 11) is 0. The fourth-order valence-electron chi connectivity index (χ4n) is 1.56. The minimum absolute atomic E-state index is 0.123. The van der Waals surface area contributed by atoms with E-state index in [1.807, 2.05) is 0 Å². The van der Waals surface area contributed by atoms with Crippen LogP contribution in [-0.4, -0.2) is 30.4 Å². The van der Waals surface area contributed by atoms with Crippen LogP contribution in [0.5, 0.6) is 0 Å². The van der Waals surface area contributed by atoms with Crippen molar-refractivity contribution in [3.05, 3.63) is 33.8 Å². The molecule has 1 aromatic carbocycles. The third kappa shape index (κ3) is 5.36. The highest BCUT2D eigenvalue weighted by Gasteiger charge is 2.26. The Labute approximate surface area is 132 Å². The number of rotatable bonds is 6. The zero-order chi connectivity index (χ0) is 16.0. The van der Waals surface area contributed by atoms with E-state index in [1.165, 1.54) is 18.2 Å². The van der Waals surface area contributed by atoms with E-state index in [0.717, 1.165) is 6.92 Å². The SMILES string of the molecule is CCOC(=O)[C@@H](CC(=O)c1ccc(Cl)c(Cl)c1)OC(C)=O. The van der Waals surface area contributed by atoms with Crippen molar-refractivity contribution in [2.75, 3.05) is 6.61 Å². The van der Waals surface area contributed by atoms with Crippen LogP contribution in [0.15, 0.2) is 18.2 Å². The predicted octanol–water partition coefficient (Wildman–Crippen LogP) is 3.06. The van der Waals surface area contributed by atoms with Gasteiger partial charge in [0, 0.05) is 12.5 Å². The van der Waals surface area contributed by atoms with E-state index in [2.05, 4.69) is 0 Å². The molecule has 0 amide bonds. The summed E-state index contributed by atoms with van der Waals surface area (Å²) in [6.07, 6.45) is -1.60. The summed E-state index contributed by atoms with van der Waals surface area (Å²) in [4.78, 5) is 34.8. The van der Waals surface area contributed by atoms with Crippen LogP contribution >= 0.6 is 23.2 Å². The number of halogens is 2. The Balaban J connectivity index is 2.86. The van der Waals surface area contributed by atoms with Crippen LogP contribution in [0.25, 0.3) is 0 Å². The molecular weight excluding hydrogens is 319 g/mol. The lowest BCUT2D eigenvalue weighted by molar-refractivity contribution is -0.166. The van der Waals surface area contributed by atoms with Crippen molar-refractivity contribution in [3.8, 4) is 0 Å². The lowest BCUT2D eigenvalue weighted by Gasteiger charge is -2.15. The van der Waals surface area contributed by atoms with Crippen LogP contribution < -0.4 is 0 Å². The third-order valence-corrected chi connectivity index (χ3v) is 3.21. The molecule has 0 spiro atoms. The third-order valence-electron chi connectivity index (χ3n) is 2.47. The summed E-state index contributed by atoms with van der Waals surface area (Å²) in [5.74, 6) is -1.84. The average molecular weight is 333 g/mol. The van der Waals surface area contributed by atoms with Gasteiger partial charge in [-0.15, -0.1) is 0 Å². The van der Waals surface area contributed by atoms with Crippen LogP contribution in [0.4, 0.5) is 0 Å². The number of hydrogen-bond acceptors (Lipinski definition) is 5. The summed E-state index contributed by atoms with van der Waals surface area (Å²) in [6, 6.07) is 4.34. The Morgan fingerprint density at radius 1 is 1.19 bits per heavy atom. The molecule has 0 unspecified atom stereocenters. The molecule has 0 fully saturated rings. The molecule has 1 aromatic rings. The van der Waals surface area contributed by atoms with E-state index < -0.39 is 23.8 Å². The predicted molar refractivity (Wildman–Crippen MR) is 77.6 cm³/mol. The molecule has 0 saturated heterocycles. The number of hydrogen-bond donors (Lipinski definition) is 0. The second kappa shape index (κ2) is 8.00. The molecule has 0 saturated carbocycles. The topological polar surface area (TPSA) is 69.7 Å². The van der Waals surface area contributed by atoms with Gasteiger partial charge in [-0.3, -0.25) is 9.59 Å². The van der Waals surface area contributed by atoms with Crippen molar-refractivity contribution in [1.29, 1.82) is 0 Å². The molecule has 0 bridgehead atoms. The van der Waals surface area contributed by atoms with E-state index in [0.29, 0.717) is 5.02 Å². The van der Waals surface area contributed by atoms with Gasteiger partial charge in [0.1, 0.15) is 0 Å². The van der Waals surface area contributed by atoms with Crippen molar-refractivity contribution in [1.82, 2.24) is 0 Å². The minimum atomic E-state index is -1.27. The van der Waals surface area contributed by atoms with Crippen molar-refractivity contribution >= 4 is 40.9 Å². The number of benzene rings is 1. The first-order chi connectivity index (χ1) is 9.85. The van der Waals surface area contributed by atoms with Gasteiger partial charge >= 0.3 is 11.9 Å². The number of Topliss-reactive ketones (excluding diaryl/α,β-unsaturated/α-hetero) is 1. The molecule has 0 heterocycles. The first-order valence-corrected chi connectivity index (χ1v) is 6.92. The van der Waals surface area contributed by atoms with Crippen LogP contribution in [0.3, 0.4) is 0 Å². The molecule has 0 radical (unpaired) electrons. The molecule has 21 heavy (non-hydrogen) atoms. The van der Waals surface area contributed by atoms with E-state index in [9.17, 15) is 14.4 Å². The second-order valence-electron chi connectivity index (χ2n) is 4.11. The second-order valence-corrected chi connectivity index (χ2v) is 4.92. The molecule has 5 nitrogen and oxygen atoms in total. The van der Waals surface area contributed by atoms with Gasteiger partial charge in [-0.1, -0.05) is 23.2 Å². The first-order valence-electron chi connectivity index (χ1n) is 6.17. The highest BCUT2D eigenvalue weighted by Crippen LogP contribution is 2.23. The fourth-order valence-corrected chi connectivity index (χ4v) is 1.86. The van der Waals surface area contributed by atoms with E-state index in [4.69, 9.17) is 32.7 Å². The Kier molecular flexibility index (Phi) is 6.65. The van der Waals surface area contributed by atoms with Crippen molar-refractivity contribution in [2.45, 2.75) is 26.4 Å². The molecule has 0 N–H and O–H groups in total. The monoisotopic (exact) mass is 332 g/mol. The number of esters is 2. The Bertz CT molecular complexity index is 556. The van der Waals surface area contributed by atoms with E-state index in [1.54, 1.807) is 6.92 Å². The van der Waals surface area contributed by atoms with Crippen molar-refractivity contribution in [3.63, 3.8) is 0 Å². The zero-order valence-corrected chi connectivity index (χ0v) is 13.0. The molecule has 0 aliphatic rings. The number of carbonyl (C=O) groups is 3. The van der Waals surface area contributed by atoms with E-state index >= 15 is 0 Å². The molecule has 114 valence electrons. The van der Waals surface area contributed by atoms with Crippen LogP contribution in [-0.2, 0) is 19.1 Å². The summed E-state index contributed by atoms with van der Waals surface area (Å²) in [5.41, 5.74) is 0.269. The Morgan fingerprint density at radius 3 is 2.38 bits per heavy atom. The Morgan fingerprint density at radius 2 is 1.86 bits per heavy atom. The summed E-state index contributed by atoms with van der Waals surface area (Å²) in [6.45, 7) is 2.89. The van der Waals surface area contributed by atoms with E-state index in [-0.39, 0.29) is 23.6 Å². The standard InChI is InChI=1S/C14H14Cl2O5/c1-3-20-14(19)13(21-8(2)17)7-12(18)9-4-5-10(15)11(16)6-9/h4-6,13H,3,7H2,1-2H3/t13-/m1/s1. The van der Waals surface area contributed by atoms with Crippen LogP contribution in [0.1, 0.15) is 30.6 Å². The Hall–Kier alpha value is -1.59. The van der Waals surface area contributed by atoms with Crippen molar-refractivity contribution < 1.29 is 23.9 Å². The summed E-state index contributed by atoms with van der Waals surface area (Å²) < 4.78 is 9.59. The molecular formula is C14H14Cl2O5. The summed E-state index contributed by atoms with van der Waals surface area (Å²) in [5, 5.41) is 0.540. The smallest absolute Gasteiger partial charge is 0.347 e.